The Labute approximate surface area is 88.2 Å². The number of hydrogen-bond donors (Lipinski definition) is 1. The van der Waals surface area contributed by atoms with Gasteiger partial charge in [0.15, 0.2) is 0 Å². The molecule has 1 aromatic rings. The third-order valence-electron chi connectivity index (χ3n) is 3.18. The second-order valence-electron chi connectivity index (χ2n) is 4.01. The van der Waals surface area contributed by atoms with Gasteiger partial charge in [0.2, 0.25) is 0 Å². The summed E-state index contributed by atoms with van der Waals surface area (Å²) in [6.45, 7) is 2.68. The Kier molecular flexibility index (Phi) is 1.84. The first-order valence-corrected chi connectivity index (χ1v) is 5.32. The summed E-state index contributed by atoms with van der Waals surface area (Å²) in [4.78, 5) is 0. The van der Waals surface area contributed by atoms with E-state index in [0.717, 1.165) is 24.5 Å². The van der Waals surface area contributed by atoms with Crippen molar-refractivity contribution in [1.29, 1.82) is 0 Å². The predicted octanol–water partition coefficient (Wildman–Crippen LogP) is 2.06. The average Bonchev–Trinajstić information content (AvgIpc) is 2.77. The standard InChI is InChI=1S/C11H12ClNO/c12-9-1-2-10-8(5-9)6-14-11(10)3-4-13-7-11/h1-2,5,13H,3-4,6-7H2. The van der Waals surface area contributed by atoms with Gasteiger partial charge in [-0.2, -0.15) is 0 Å². The van der Waals surface area contributed by atoms with Crippen LogP contribution in [0.2, 0.25) is 5.02 Å². The monoisotopic (exact) mass is 209 g/mol. The molecule has 1 spiro atoms. The highest BCUT2D eigenvalue weighted by Crippen LogP contribution is 2.41. The van der Waals surface area contributed by atoms with E-state index in [2.05, 4.69) is 11.4 Å². The maximum Gasteiger partial charge on any atom is 0.107 e. The molecule has 1 saturated heterocycles. The molecule has 3 heteroatoms. The van der Waals surface area contributed by atoms with Crippen LogP contribution in [-0.2, 0) is 16.9 Å². The highest BCUT2D eigenvalue weighted by Gasteiger charge is 2.42. The Hall–Kier alpha value is -0.570. The van der Waals surface area contributed by atoms with Crippen LogP contribution in [0.15, 0.2) is 18.2 Å². The lowest BCUT2D eigenvalue weighted by Crippen LogP contribution is -2.27. The molecule has 1 aromatic carbocycles. The van der Waals surface area contributed by atoms with E-state index < -0.39 is 0 Å². The zero-order valence-electron chi connectivity index (χ0n) is 7.85. The normalized spacial score (nSPS) is 29.8. The summed E-state index contributed by atoms with van der Waals surface area (Å²) in [5.41, 5.74) is 2.52. The molecule has 3 rings (SSSR count). The Morgan fingerprint density at radius 1 is 1.43 bits per heavy atom. The van der Waals surface area contributed by atoms with Crippen molar-refractivity contribution >= 4 is 11.6 Å². The fraction of sp³-hybridized carbons (Fsp3) is 0.455. The van der Waals surface area contributed by atoms with Crippen LogP contribution in [0, 0.1) is 0 Å². The van der Waals surface area contributed by atoms with Gasteiger partial charge in [-0.1, -0.05) is 17.7 Å². The molecule has 1 N–H and O–H groups in total. The smallest absolute Gasteiger partial charge is 0.107 e. The molecule has 0 amide bonds. The van der Waals surface area contributed by atoms with E-state index in [9.17, 15) is 0 Å². The van der Waals surface area contributed by atoms with Gasteiger partial charge in [0.05, 0.1) is 6.61 Å². The minimum Gasteiger partial charge on any atom is -0.364 e. The van der Waals surface area contributed by atoms with E-state index in [1.54, 1.807) is 0 Å². The fourth-order valence-corrected chi connectivity index (χ4v) is 2.64. The summed E-state index contributed by atoms with van der Waals surface area (Å²) in [5.74, 6) is 0. The first-order chi connectivity index (χ1) is 6.80. The SMILES string of the molecule is Clc1ccc2c(c1)COC21CCNC1. The van der Waals surface area contributed by atoms with Gasteiger partial charge in [-0.05, 0) is 36.2 Å². The lowest BCUT2D eigenvalue weighted by Gasteiger charge is -2.22. The quantitative estimate of drug-likeness (QED) is 0.706. The molecule has 2 nitrogen and oxygen atoms in total. The summed E-state index contributed by atoms with van der Waals surface area (Å²) in [6.07, 6.45) is 1.07. The van der Waals surface area contributed by atoms with E-state index in [4.69, 9.17) is 16.3 Å². The van der Waals surface area contributed by atoms with Crippen LogP contribution in [0.5, 0.6) is 0 Å². The Balaban J connectivity index is 2.09. The van der Waals surface area contributed by atoms with E-state index in [1.165, 1.54) is 11.1 Å². The number of ether oxygens (including phenoxy) is 1. The number of hydrogen-bond acceptors (Lipinski definition) is 2. The van der Waals surface area contributed by atoms with E-state index in [1.807, 2.05) is 12.1 Å². The van der Waals surface area contributed by atoms with Crippen molar-refractivity contribution in [2.45, 2.75) is 18.6 Å². The van der Waals surface area contributed by atoms with E-state index in [0.29, 0.717) is 6.61 Å². The first kappa shape index (κ1) is 8.72. The summed E-state index contributed by atoms with van der Waals surface area (Å²) in [7, 11) is 0. The van der Waals surface area contributed by atoms with Gasteiger partial charge < -0.3 is 10.1 Å². The molecular formula is C11H12ClNO. The lowest BCUT2D eigenvalue weighted by molar-refractivity contribution is -0.0218. The molecule has 2 aliphatic rings. The van der Waals surface area contributed by atoms with Crippen LogP contribution in [0.1, 0.15) is 17.5 Å². The van der Waals surface area contributed by atoms with Gasteiger partial charge in [0, 0.05) is 11.6 Å². The maximum atomic E-state index is 5.95. The predicted molar refractivity (Wildman–Crippen MR) is 55.4 cm³/mol. The molecule has 2 aliphatic heterocycles. The topological polar surface area (TPSA) is 21.3 Å². The van der Waals surface area contributed by atoms with Crippen LogP contribution in [-0.4, -0.2) is 13.1 Å². The van der Waals surface area contributed by atoms with Gasteiger partial charge in [0.25, 0.3) is 0 Å². The second-order valence-corrected chi connectivity index (χ2v) is 4.45. The average molecular weight is 210 g/mol. The molecular weight excluding hydrogens is 198 g/mol. The van der Waals surface area contributed by atoms with Gasteiger partial charge in [0.1, 0.15) is 5.60 Å². The number of halogens is 1. The largest absolute Gasteiger partial charge is 0.364 e. The molecule has 0 bridgehead atoms. The van der Waals surface area contributed by atoms with Crippen molar-refractivity contribution in [3.05, 3.63) is 34.3 Å². The molecule has 0 aromatic heterocycles. The van der Waals surface area contributed by atoms with Crippen molar-refractivity contribution in [3.63, 3.8) is 0 Å². The van der Waals surface area contributed by atoms with Gasteiger partial charge >= 0.3 is 0 Å². The second kappa shape index (κ2) is 2.96. The van der Waals surface area contributed by atoms with Crippen LogP contribution in [0.4, 0.5) is 0 Å². The number of rotatable bonds is 0. The number of nitrogens with one attached hydrogen (secondary N) is 1. The molecule has 14 heavy (non-hydrogen) atoms. The van der Waals surface area contributed by atoms with Gasteiger partial charge in [-0.15, -0.1) is 0 Å². The number of fused-ring (bicyclic) bond motifs is 2. The third-order valence-corrected chi connectivity index (χ3v) is 3.41. The molecule has 0 saturated carbocycles. The van der Waals surface area contributed by atoms with E-state index in [-0.39, 0.29) is 5.60 Å². The molecule has 74 valence electrons. The van der Waals surface area contributed by atoms with Crippen molar-refractivity contribution in [2.75, 3.05) is 13.1 Å². The Bertz CT molecular complexity index is 372. The van der Waals surface area contributed by atoms with Crippen molar-refractivity contribution in [1.82, 2.24) is 5.32 Å². The maximum absolute atomic E-state index is 5.95. The molecule has 1 atom stereocenters. The van der Waals surface area contributed by atoms with Crippen molar-refractivity contribution in [2.24, 2.45) is 0 Å². The van der Waals surface area contributed by atoms with Crippen molar-refractivity contribution in [3.8, 4) is 0 Å². The highest BCUT2D eigenvalue weighted by molar-refractivity contribution is 6.30. The first-order valence-electron chi connectivity index (χ1n) is 4.94. The summed E-state index contributed by atoms with van der Waals surface area (Å²) in [5, 5.41) is 4.15. The third kappa shape index (κ3) is 1.11. The van der Waals surface area contributed by atoms with E-state index >= 15 is 0 Å². The van der Waals surface area contributed by atoms with Gasteiger partial charge in [-0.25, -0.2) is 0 Å². The van der Waals surface area contributed by atoms with Crippen LogP contribution >= 0.6 is 11.6 Å². The van der Waals surface area contributed by atoms with Crippen LogP contribution in [0.3, 0.4) is 0 Å². The molecule has 1 unspecified atom stereocenters. The zero-order valence-corrected chi connectivity index (χ0v) is 8.60. The molecule has 0 aliphatic carbocycles. The minimum absolute atomic E-state index is 0.0556. The summed E-state index contributed by atoms with van der Waals surface area (Å²) >= 11 is 5.95. The lowest BCUT2D eigenvalue weighted by atomic mass is 9.92. The highest BCUT2D eigenvalue weighted by atomic mass is 35.5. The van der Waals surface area contributed by atoms with Crippen molar-refractivity contribution < 1.29 is 4.74 Å². The summed E-state index contributed by atoms with van der Waals surface area (Å²) < 4.78 is 5.91. The minimum atomic E-state index is -0.0556. The van der Waals surface area contributed by atoms with Crippen LogP contribution in [0.25, 0.3) is 0 Å². The zero-order chi connectivity index (χ0) is 9.60. The van der Waals surface area contributed by atoms with Gasteiger partial charge in [-0.3, -0.25) is 0 Å². The number of benzene rings is 1. The molecule has 0 radical (unpaired) electrons. The summed E-state index contributed by atoms with van der Waals surface area (Å²) in [6, 6.07) is 6.08. The Morgan fingerprint density at radius 3 is 3.14 bits per heavy atom. The molecule has 2 heterocycles. The Morgan fingerprint density at radius 2 is 2.36 bits per heavy atom. The molecule has 1 fully saturated rings. The fourth-order valence-electron chi connectivity index (χ4n) is 2.44. The van der Waals surface area contributed by atoms with Crippen LogP contribution < -0.4 is 5.32 Å².